The Hall–Kier alpha value is -3.16. The zero-order chi connectivity index (χ0) is 30.2. The van der Waals surface area contributed by atoms with Crippen molar-refractivity contribution in [3.63, 3.8) is 0 Å². The molecule has 0 saturated carbocycles. The third kappa shape index (κ3) is 16.0. The van der Waals surface area contributed by atoms with Crippen LogP contribution >= 0.6 is 46.4 Å². The maximum Gasteiger partial charge on any atom is 4.00 e. The van der Waals surface area contributed by atoms with Gasteiger partial charge in [0.2, 0.25) is 0 Å². The van der Waals surface area contributed by atoms with Crippen LogP contribution < -0.4 is 20.4 Å². The Kier molecular flexibility index (Phi) is 18.3. The number of carboxylic acids is 4. The Balaban J connectivity index is 0.000000516. The average Bonchev–Trinajstić information content (AvgIpc) is 2.90. The van der Waals surface area contributed by atoms with Crippen LogP contribution in [-0.4, -0.2) is 51.2 Å². The van der Waals surface area contributed by atoms with Crippen molar-refractivity contribution < 1.29 is 39.6 Å². The maximum absolute atomic E-state index is 10.2. The zero-order valence-electron chi connectivity index (χ0n) is 20.5. The first-order valence-corrected chi connectivity index (χ1v) is 12.2. The molecule has 0 N–H and O–H groups in total. The molecule has 41 heavy (non-hydrogen) atoms. The SMILES string of the molecule is O=C([O-])c1cccc(Cl)c1.O=C([O-])c1cccc(Cl)c1.O=C([O-])c1cccc(Cl)c1.O=C([O-])c1cccc(Cl)c1.[Pb+4]. The summed E-state index contributed by atoms with van der Waals surface area (Å²) in [5, 5.41) is 42.4. The first-order chi connectivity index (χ1) is 18.8. The molecule has 0 aliphatic heterocycles. The van der Waals surface area contributed by atoms with Gasteiger partial charge in [-0.3, -0.25) is 0 Å². The van der Waals surface area contributed by atoms with Crippen LogP contribution in [0.25, 0.3) is 0 Å². The van der Waals surface area contributed by atoms with Gasteiger partial charge in [0.1, 0.15) is 0 Å². The van der Waals surface area contributed by atoms with Gasteiger partial charge in [0, 0.05) is 20.1 Å². The monoisotopic (exact) mass is 828 g/mol. The van der Waals surface area contributed by atoms with Crippen molar-refractivity contribution in [3.05, 3.63) is 139 Å². The van der Waals surface area contributed by atoms with E-state index in [4.69, 9.17) is 46.4 Å². The second-order valence-electron chi connectivity index (χ2n) is 7.19. The summed E-state index contributed by atoms with van der Waals surface area (Å²) in [5.74, 6) is -4.82. The van der Waals surface area contributed by atoms with E-state index < -0.39 is 23.9 Å². The van der Waals surface area contributed by atoms with Gasteiger partial charge in [0.15, 0.2) is 0 Å². The molecular weight excluding hydrogens is 813 g/mol. The number of benzene rings is 4. The summed E-state index contributed by atoms with van der Waals surface area (Å²) >= 11 is 22.0. The van der Waals surface area contributed by atoms with Gasteiger partial charge < -0.3 is 39.6 Å². The minimum atomic E-state index is -1.21. The topological polar surface area (TPSA) is 161 Å². The van der Waals surface area contributed by atoms with Crippen molar-refractivity contribution in [2.24, 2.45) is 0 Å². The maximum atomic E-state index is 10.2. The molecule has 0 atom stereocenters. The molecule has 0 aliphatic carbocycles. The van der Waals surface area contributed by atoms with Gasteiger partial charge in [-0.1, -0.05) is 94.9 Å². The van der Waals surface area contributed by atoms with Gasteiger partial charge >= 0.3 is 27.3 Å². The molecule has 0 amide bonds. The molecule has 4 rings (SSSR count). The Bertz CT molecular complexity index is 1260. The van der Waals surface area contributed by atoms with Gasteiger partial charge in [-0.15, -0.1) is 0 Å². The Morgan fingerprint density at radius 3 is 0.659 bits per heavy atom. The molecule has 0 heterocycles. The Labute approximate surface area is 274 Å². The van der Waals surface area contributed by atoms with E-state index >= 15 is 0 Å². The van der Waals surface area contributed by atoms with Crippen LogP contribution in [-0.2, 0) is 0 Å². The fraction of sp³-hybridized carbons (Fsp3) is 0. The first-order valence-electron chi connectivity index (χ1n) is 10.7. The molecule has 4 aromatic carbocycles. The van der Waals surface area contributed by atoms with Gasteiger partial charge in [-0.2, -0.15) is 0 Å². The molecule has 0 fully saturated rings. The molecule has 0 aromatic heterocycles. The van der Waals surface area contributed by atoms with Gasteiger partial charge in [-0.25, -0.2) is 0 Å². The van der Waals surface area contributed by atoms with E-state index in [9.17, 15) is 39.6 Å². The van der Waals surface area contributed by atoms with Crippen LogP contribution in [0.1, 0.15) is 41.4 Å². The third-order valence-corrected chi connectivity index (χ3v) is 5.18. The van der Waals surface area contributed by atoms with Crippen molar-refractivity contribution in [2.45, 2.75) is 0 Å². The number of rotatable bonds is 4. The van der Waals surface area contributed by atoms with Crippen molar-refractivity contribution in [2.75, 3.05) is 0 Å². The molecule has 0 spiro atoms. The molecule has 4 aromatic rings. The summed E-state index contributed by atoms with van der Waals surface area (Å²) in [6.45, 7) is 0. The van der Waals surface area contributed by atoms with Crippen LogP contribution in [0.3, 0.4) is 0 Å². The summed E-state index contributed by atoms with van der Waals surface area (Å²) in [7, 11) is 0. The number of hydrogen-bond donors (Lipinski definition) is 0. The quantitative estimate of drug-likeness (QED) is 0.284. The number of carboxylic acid groups (broad SMARTS) is 4. The second kappa shape index (κ2) is 19.8. The molecule has 13 heteroatoms. The first kappa shape index (κ1) is 37.8. The van der Waals surface area contributed by atoms with Crippen molar-refractivity contribution in [1.82, 2.24) is 0 Å². The molecule has 208 valence electrons. The van der Waals surface area contributed by atoms with E-state index in [0.717, 1.165) is 0 Å². The summed E-state index contributed by atoms with van der Waals surface area (Å²) in [6, 6.07) is 23.8. The van der Waals surface area contributed by atoms with Crippen LogP contribution in [0.5, 0.6) is 0 Å². The largest absolute Gasteiger partial charge is 4.00 e. The molecule has 0 aliphatic rings. The smallest absolute Gasteiger partial charge is 0.545 e. The van der Waals surface area contributed by atoms with Crippen molar-refractivity contribution in [3.8, 4) is 0 Å². The Morgan fingerprint density at radius 2 is 0.561 bits per heavy atom. The van der Waals surface area contributed by atoms with Crippen LogP contribution in [0.15, 0.2) is 97.1 Å². The van der Waals surface area contributed by atoms with Crippen molar-refractivity contribution >= 4 is 97.6 Å². The average molecular weight is 829 g/mol. The minimum Gasteiger partial charge on any atom is -0.545 e. The number of aromatic carboxylic acids is 4. The number of hydrogen-bond acceptors (Lipinski definition) is 8. The number of carbonyl (C=O) groups excluding carboxylic acids is 4. The fourth-order valence-corrected chi connectivity index (χ4v) is 3.22. The number of halogens is 4. The van der Waals surface area contributed by atoms with E-state index in [0.29, 0.717) is 20.1 Å². The molecule has 0 radical (unpaired) electrons. The summed E-state index contributed by atoms with van der Waals surface area (Å²) < 4.78 is 0. The van der Waals surface area contributed by atoms with Gasteiger partial charge in [0.25, 0.3) is 0 Å². The summed E-state index contributed by atoms with van der Waals surface area (Å²) in [6.07, 6.45) is 0. The fourth-order valence-electron chi connectivity index (χ4n) is 2.46. The van der Waals surface area contributed by atoms with Crippen LogP contribution in [0.2, 0.25) is 20.1 Å². The van der Waals surface area contributed by atoms with E-state index in [2.05, 4.69) is 0 Å². The van der Waals surface area contributed by atoms with Crippen LogP contribution in [0, 0.1) is 0 Å². The third-order valence-electron chi connectivity index (χ3n) is 4.24. The Morgan fingerprint density at radius 1 is 0.390 bits per heavy atom. The van der Waals surface area contributed by atoms with Crippen molar-refractivity contribution in [1.29, 1.82) is 0 Å². The predicted octanol–water partition coefficient (Wildman–Crippen LogP) is 2.43. The molecule has 0 unspecified atom stereocenters. The summed E-state index contributed by atoms with van der Waals surface area (Å²) in [5.41, 5.74) is 0.417. The molecule has 0 bridgehead atoms. The standard InChI is InChI=1S/4C7H5ClO2.Pb/c4*8-6-3-1-2-5(4-6)7(9)10;/h4*1-4H,(H,9,10);/q;;;;+4/p-4. The normalized spacial score (nSPS) is 9.07. The zero-order valence-corrected chi connectivity index (χ0v) is 27.4. The molecular formula is C28H16Cl4O8Pb. The van der Waals surface area contributed by atoms with Gasteiger partial charge in [-0.05, 0) is 70.8 Å². The van der Waals surface area contributed by atoms with E-state index in [1.165, 1.54) is 48.5 Å². The predicted molar refractivity (Wildman–Crippen MR) is 149 cm³/mol. The number of carbonyl (C=O) groups is 4. The second-order valence-corrected chi connectivity index (χ2v) is 8.94. The summed E-state index contributed by atoms with van der Waals surface area (Å²) in [4.78, 5) is 40.7. The van der Waals surface area contributed by atoms with Crippen LogP contribution in [0.4, 0.5) is 0 Å². The molecule has 0 saturated heterocycles. The minimum absolute atomic E-state index is 0. The van der Waals surface area contributed by atoms with E-state index in [-0.39, 0.29) is 49.6 Å². The van der Waals surface area contributed by atoms with Gasteiger partial charge in [0.05, 0.1) is 23.9 Å². The molecule has 8 nitrogen and oxygen atoms in total. The van der Waals surface area contributed by atoms with E-state index in [1.807, 2.05) is 0 Å². The van der Waals surface area contributed by atoms with E-state index in [1.54, 1.807) is 48.5 Å².